The van der Waals surface area contributed by atoms with Crippen LogP contribution in [0.25, 0.3) is 6.08 Å². The van der Waals surface area contributed by atoms with E-state index in [1.54, 1.807) is 23.2 Å². The fraction of sp³-hybridized carbons (Fsp3) is 0.444. The Hall–Kier alpha value is -2.70. The molecular formula is C18H22N4O3. The molecule has 2 amide bonds. The number of rotatable bonds is 5. The number of carbonyl (C=O) groups is 2. The minimum atomic E-state index is -0.0218. The van der Waals surface area contributed by atoms with E-state index in [1.807, 2.05) is 19.9 Å². The van der Waals surface area contributed by atoms with Crippen molar-refractivity contribution in [2.24, 2.45) is 11.1 Å². The SMILES string of the molecule is CCO/N=C(/C)C1CN(C(=O)/C=C/c2cnc3c(c2)CCC(=O)N3)C1. The van der Waals surface area contributed by atoms with E-state index in [0.29, 0.717) is 38.4 Å². The van der Waals surface area contributed by atoms with E-state index in [-0.39, 0.29) is 17.7 Å². The standard InChI is InChI=1S/C18H22N4O3/c1-3-25-21-12(2)15-10-22(11-15)17(24)7-4-13-8-14-5-6-16(23)20-18(14)19-9-13/h4,7-9,15H,3,5-6,10-11H2,1-2H3,(H,19,20,23)/b7-4+,21-12-. The summed E-state index contributed by atoms with van der Waals surface area (Å²) in [6.45, 7) is 5.70. The number of aromatic nitrogens is 1. The predicted octanol–water partition coefficient (Wildman–Crippen LogP) is 1.85. The summed E-state index contributed by atoms with van der Waals surface area (Å²) >= 11 is 0. The van der Waals surface area contributed by atoms with Crippen LogP contribution in [0.4, 0.5) is 5.82 Å². The molecule has 7 heteroatoms. The van der Waals surface area contributed by atoms with Gasteiger partial charge in [-0.05, 0) is 43.5 Å². The normalized spacial score (nSPS) is 17.9. The summed E-state index contributed by atoms with van der Waals surface area (Å²) in [4.78, 5) is 34.6. The van der Waals surface area contributed by atoms with Crippen molar-refractivity contribution < 1.29 is 14.4 Å². The van der Waals surface area contributed by atoms with Crippen LogP contribution in [0.3, 0.4) is 0 Å². The molecular weight excluding hydrogens is 320 g/mol. The van der Waals surface area contributed by atoms with Gasteiger partial charge in [0.05, 0.1) is 5.71 Å². The molecule has 0 saturated carbocycles. The van der Waals surface area contributed by atoms with E-state index < -0.39 is 0 Å². The second-order valence-electron chi connectivity index (χ2n) is 6.25. The molecule has 2 aliphatic rings. The Kier molecular flexibility index (Phi) is 5.11. The fourth-order valence-corrected chi connectivity index (χ4v) is 2.80. The monoisotopic (exact) mass is 342 g/mol. The number of hydrogen-bond donors (Lipinski definition) is 1. The molecule has 0 atom stereocenters. The number of nitrogens with one attached hydrogen (secondary N) is 1. The molecule has 3 rings (SSSR count). The van der Waals surface area contributed by atoms with Crippen LogP contribution >= 0.6 is 0 Å². The lowest BCUT2D eigenvalue weighted by molar-refractivity contribution is -0.130. The molecule has 25 heavy (non-hydrogen) atoms. The number of likely N-dealkylation sites (tertiary alicyclic amines) is 1. The van der Waals surface area contributed by atoms with Crippen molar-refractivity contribution in [3.8, 4) is 0 Å². The molecule has 132 valence electrons. The van der Waals surface area contributed by atoms with Crippen molar-refractivity contribution in [1.82, 2.24) is 9.88 Å². The van der Waals surface area contributed by atoms with Gasteiger partial charge in [-0.1, -0.05) is 5.16 Å². The van der Waals surface area contributed by atoms with Crippen LogP contribution in [0, 0.1) is 5.92 Å². The predicted molar refractivity (Wildman–Crippen MR) is 95.0 cm³/mol. The van der Waals surface area contributed by atoms with Crippen molar-refractivity contribution in [2.45, 2.75) is 26.7 Å². The maximum Gasteiger partial charge on any atom is 0.246 e. The van der Waals surface area contributed by atoms with Crippen molar-refractivity contribution in [1.29, 1.82) is 0 Å². The first kappa shape index (κ1) is 17.1. The molecule has 0 bridgehead atoms. The van der Waals surface area contributed by atoms with E-state index in [9.17, 15) is 9.59 Å². The molecule has 0 unspecified atom stereocenters. The molecule has 1 aromatic heterocycles. The minimum absolute atomic E-state index is 0.00558. The Morgan fingerprint density at radius 1 is 1.48 bits per heavy atom. The minimum Gasteiger partial charge on any atom is -0.396 e. The summed E-state index contributed by atoms with van der Waals surface area (Å²) < 4.78 is 0. The zero-order chi connectivity index (χ0) is 17.8. The van der Waals surface area contributed by atoms with Crippen molar-refractivity contribution in [3.05, 3.63) is 29.5 Å². The Bertz CT molecular complexity index is 736. The summed E-state index contributed by atoms with van der Waals surface area (Å²) in [5.41, 5.74) is 2.78. The molecule has 1 N–H and O–H groups in total. The maximum atomic E-state index is 12.2. The summed E-state index contributed by atoms with van der Waals surface area (Å²) in [6, 6.07) is 1.96. The molecule has 1 aromatic rings. The average Bonchev–Trinajstić information content (AvgIpc) is 2.56. The number of pyridine rings is 1. The van der Waals surface area contributed by atoms with Crippen LogP contribution in [0.5, 0.6) is 0 Å². The number of aryl methyl sites for hydroxylation is 1. The van der Waals surface area contributed by atoms with E-state index >= 15 is 0 Å². The third-order valence-electron chi connectivity index (χ3n) is 4.41. The number of anilines is 1. The third kappa shape index (κ3) is 4.04. The highest BCUT2D eigenvalue weighted by Gasteiger charge is 2.31. The van der Waals surface area contributed by atoms with Gasteiger partial charge in [-0.3, -0.25) is 9.59 Å². The Morgan fingerprint density at radius 3 is 3.04 bits per heavy atom. The summed E-state index contributed by atoms with van der Waals surface area (Å²) in [7, 11) is 0. The van der Waals surface area contributed by atoms with Gasteiger partial charge >= 0.3 is 0 Å². The van der Waals surface area contributed by atoms with E-state index in [2.05, 4.69) is 15.5 Å². The highest BCUT2D eigenvalue weighted by molar-refractivity contribution is 5.95. The molecule has 1 saturated heterocycles. The number of nitrogens with zero attached hydrogens (tertiary/aromatic N) is 3. The lowest BCUT2D eigenvalue weighted by Crippen LogP contribution is -2.52. The van der Waals surface area contributed by atoms with E-state index in [4.69, 9.17) is 4.84 Å². The van der Waals surface area contributed by atoms with Crippen molar-refractivity contribution >= 4 is 29.4 Å². The number of oxime groups is 1. The largest absolute Gasteiger partial charge is 0.396 e. The van der Waals surface area contributed by atoms with Gasteiger partial charge in [-0.2, -0.15) is 0 Å². The lowest BCUT2D eigenvalue weighted by atomic mass is 9.95. The smallest absolute Gasteiger partial charge is 0.246 e. The molecule has 7 nitrogen and oxygen atoms in total. The molecule has 0 spiro atoms. The van der Waals surface area contributed by atoms with Gasteiger partial charge < -0.3 is 15.1 Å². The summed E-state index contributed by atoms with van der Waals surface area (Å²) in [5.74, 6) is 0.868. The first-order valence-corrected chi connectivity index (χ1v) is 8.49. The van der Waals surface area contributed by atoms with E-state index in [1.165, 1.54) is 0 Å². The molecule has 0 radical (unpaired) electrons. The molecule has 0 aliphatic carbocycles. The van der Waals surface area contributed by atoms with Crippen LogP contribution in [0.2, 0.25) is 0 Å². The number of carbonyl (C=O) groups excluding carboxylic acids is 2. The zero-order valence-corrected chi connectivity index (χ0v) is 14.5. The van der Waals surface area contributed by atoms with Crippen LogP contribution in [-0.2, 0) is 20.8 Å². The van der Waals surface area contributed by atoms with Gasteiger partial charge in [0.15, 0.2) is 0 Å². The number of amides is 2. The maximum absolute atomic E-state index is 12.2. The topological polar surface area (TPSA) is 83.9 Å². The fourth-order valence-electron chi connectivity index (χ4n) is 2.80. The molecule has 3 heterocycles. The first-order chi connectivity index (χ1) is 12.1. The molecule has 2 aliphatic heterocycles. The van der Waals surface area contributed by atoms with Gasteiger partial charge in [-0.25, -0.2) is 4.98 Å². The third-order valence-corrected chi connectivity index (χ3v) is 4.41. The van der Waals surface area contributed by atoms with Crippen LogP contribution in [-0.4, -0.2) is 47.1 Å². The lowest BCUT2D eigenvalue weighted by Gasteiger charge is -2.38. The Morgan fingerprint density at radius 2 is 2.28 bits per heavy atom. The van der Waals surface area contributed by atoms with Gasteiger partial charge in [0.25, 0.3) is 0 Å². The van der Waals surface area contributed by atoms with Crippen LogP contribution in [0.15, 0.2) is 23.5 Å². The van der Waals surface area contributed by atoms with Gasteiger partial charge in [0, 0.05) is 37.7 Å². The van der Waals surface area contributed by atoms with E-state index in [0.717, 1.165) is 16.8 Å². The van der Waals surface area contributed by atoms with Crippen molar-refractivity contribution in [3.63, 3.8) is 0 Å². The van der Waals surface area contributed by atoms with Gasteiger partial charge in [0.2, 0.25) is 11.8 Å². The Labute approximate surface area is 146 Å². The van der Waals surface area contributed by atoms with Gasteiger partial charge in [0.1, 0.15) is 12.4 Å². The second-order valence-corrected chi connectivity index (χ2v) is 6.25. The van der Waals surface area contributed by atoms with Crippen LogP contribution in [0.1, 0.15) is 31.4 Å². The second kappa shape index (κ2) is 7.46. The quantitative estimate of drug-likeness (QED) is 0.503. The molecule has 0 aromatic carbocycles. The highest BCUT2D eigenvalue weighted by Crippen LogP contribution is 2.22. The Balaban J connectivity index is 1.55. The summed E-state index contributed by atoms with van der Waals surface area (Å²) in [5, 5.41) is 6.77. The van der Waals surface area contributed by atoms with Gasteiger partial charge in [-0.15, -0.1) is 0 Å². The highest BCUT2D eigenvalue weighted by atomic mass is 16.6. The summed E-state index contributed by atoms with van der Waals surface area (Å²) in [6.07, 6.45) is 6.14. The van der Waals surface area contributed by atoms with Crippen molar-refractivity contribution in [2.75, 3.05) is 25.0 Å². The number of hydrogen-bond acceptors (Lipinski definition) is 5. The first-order valence-electron chi connectivity index (χ1n) is 8.49. The van der Waals surface area contributed by atoms with Crippen LogP contribution < -0.4 is 5.32 Å². The zero-order valence-electron chi connectivity index (χ0n) is 14.5. The number of fused-ring (bicyclic) bond motifs is 1. The molecule has 1 fully saturated rings. The average molecular weight is 342 g/mol.